The third-order valence-electron chi connectivity index (χ3n) is 7.44. The summed E-state index contributed by atoms with van der Waals surface area (Å²) in [5.41, 5.74) is 0.613. The van der Waals surface area contributed by atoms with Gasteiger partial charge in [-0.15, -0.1) is 0 Å². The van der Waals surface area contributed by atoms with Gasteiger partial charge in [-0.2, -0.15) is 0 Å². The average molecular weight is 431 g/mol. The van der Waals surface area contributed by atoms with E-state index in [1.807, 2.05) is 29.2 Å². The van der Waals surface area contributed by atoms with E-state index in [4.69, 9.17) is 0 Å². The maximum Gasteiger partial charge on any atom is 0.247 e. The molecule has 1 unspecified atom stereocenters. The van der Waals surface area contributed by atoms with Gasteiger partial charge < -0.3 is 10.2 Å². The first-order valence-electron chi connectivity index (χ1n) is 10.4. The maximum absolute atomic E-state index is 13.7. The highest BCUT2D eigenvalue weighted by Gasteiger charge is 2.56. The van der Waals surface area contributed by atoms with Crippen LogP contribution in [-0.4, -0.2) is 29.3 Å². The summed E-state index contributed by atoms with van der Waals surface area (Å²) < 4.78 is 0.871. The first-order valence-corrected chi connectivity index (χ1v) is 11.2. The molecule has 1 atom stereocenters. The summed E-state index contributed by atoms with van der Waals surface area (Å²) in [7, 11) is 0. The zero-order valence-corrected chi connectivity index (χ0v) is 17.2. The molecular formula is C22H27BrN2O2. The van der Waals surface area contributed by atoms with Gasteiger partial charge in [0.25, 0.3) is 0 Å². The maximum atomic E-state index is 13.7. The van der Waals surface area contributed by atoms with Gasteiger partial charge in [0.1, 0.15) is 6.04 Å². The van der Waals surface area contributed by atoms with E-state index in [2.05, 4.69) is 21.2 Å². The van der Waals surface area contributed by atoms with Gasteiger partial charge in [-0.3, -0.25) is 9.59 Å². The number of nitrogens with one attached hydrogen (secondary N) is 1. The number of benzene rings is 1. The highest BCUT2D eigenvalue weighted by atomic mass is 79.9. The van der Waals surface area contributed by atoms with E-state index >= 15 is 0 Å². The standard InChI is InChI=1S/C22H27BrN2O2/c23-17-4-1-2-5-18(17)24-20(26)19-6-3-7-25(19)21(27)22-11-14-8-15(12-22)10-16(9-14)13-22/h1-2,4-5,14-16,19H,3,6-13H2,(H,24,26). The van der Waals surface area contributed by atoms with Gasteiger partial charge in [0.15, 0.2) is 0 Å². The molecule has 6 rings (SSSR count). The number of halogens is 1. The first-order chi connectivity index (χ1) is 13.0. The Kier molecular flexibility index (Phi) is 4.34. The summed E-state index contributed by atoms with van der Waals surface area (Å²) in [6.45, 7) is 0.731. The number of para-hydroxylation sites is 1. The van der Waals surface area contributed by atoms with E-state index in [1.165, 1.54) is 19.3 Å². The van der Waals surface area contributed by atoms with Crippen molar-refractivity contribution in [2.24, 2.45) is 23.2 Å². The number of anilines is 1. The fraction of sp³-hybridized carbons (Fsp3) is 0.636. The van der Waals surface area contributed by atoms with E-state index in [9.17, 15) is 9.59 Å². The summed E-state index contributed by atoms with van der Waals surface area (Å²) in [6.07, 6.45) is 8.88. The van der Waals surface area contributed by atoms with Gasteiger partial charge in [-0.25, -0.2) is 0 Å². The van der Waals surface area contributed by atoms with Gasteiger partial charge in [0, 0.05) is 11.0 Å². The van der Waals surface area contributed by atoms with E-state index in [-0.39, 0.29) is 23.3 Å². The molecule has 27 heavy (non-hydrogen) atoms. The first kappa shape index (κ1) is 17.7. The largest absolute Gasteiger partial charge is 0.330 e. The van der Waals surface area contributed by atoms with Gasteiger partial charge in [0.2, 0.25) is 11.8 Å². The number of carbonyl (C=O) groups is 2. The molecule has 1 aliphatic heterocycles. The zero-order chi connectivity index (χ0) is 18.6. The molecule has 1 saturated heterocycles. The van der Waals surface area contributed by atoms with Crippen LogP contribution in [-0.2, 0) is 9.59 Å². The Bertz CT molecular complexity index is 742. The lowest BCUT2D eigenvalue weighted by Crippen LogP contribution is -2.56. The molecule has 4 saturated carbocycles. The molecular weight excluding hydrogens is 404 g/mol. The minimum Gasteiger partial charge on any atom is -0.330 e. The summed E-state index contributed by atoms with van der Waals surface area (Å²) in [4.78, 5) is 28.6. The van der Waals surface area contributed by atoms with Crippen LogP contribution >= 0.6 is 15.9 Å². The Labute approximate surface area is 169 Å². The second kappa shape index (κ2) is 6.61. The SMILES string of the molecule is O=C(Nc1ccccc1Br)C1CCCN1C(=O)C12CC3CC(CC(C3)C1)C2. The molecule has 2 amide bonds. The fourth-order valence-corrected chi connectivity index (χ4v) is 7.12. The molecule has 4 aliphatic carbocycles. The Hall–Kier alpha value is -1.36. The molecule has 0 spiro atoms. The Morgan fingerprint density at radius 1 is 1.04 bits per heavy atom. The topological polar surface area (TPSA) is 49.4 Å². The van der Waals surface area contributed by atoms with Gasteiger partial charge in [-0.1, -0.05) is 12.1 Å². The lowest BCUT2D eigenvalue weighted by atomic mass is 9.49. The van der Waals surface area contributed by atoms with Crippen molar-refractivity contribution in [2.45, 2.75) is 57.4 Å². The molecule has 0 aromatic heterocycles. The average Bonchev–Trinajstić information content (AvgIpc) is 3.11. The number of hydrogen-bond acceptors (Lipinski definition) is 2. The normalized spacial score (nSPS) is 36.9. The minimum absolute atomic E-state index is 0.0440. The predicted molar refractivity (Wildman–Crippen MR) is 108 cm³/mol. The van der Waals surface area contributed by atoms with E-state index in [1.54, 1.807) is 0 Å². The third-order valence-corrected chi connectivity index (χ3v) is 8.13. The summed E-state index contributed by atoms with van der Waals surface area (Å²) in [5, 5.41) is 3.03. The molecule has 1 aromatic carbocycles. The van der Waals surface area contributed by atoms with E-state index in [0.717, 1.165) is 66.6 Å². The lowest BCUT2D eigenvalue weighted by Gasteiger charge is -2.56. The lowest BCUT2D eigenvalue weighted by molar-refractivity contribution is -0.160. The molecule has 5 fully saturated rings. The number of nitrogens with zero attached hydrogens (tertiary/aromatic N) is 1. The molecule has 144 valence electrons. The van der Waals surface area contributed by atoms with Crippen molar-refractivity contribution in [1.82, 2.24) is 4.90 Å². The summed E-state index contributed by atoms with van der Waals surface area (Å²) >= 11 is 3.49. The van der Waals surface area contributed by atoms with Crippen molar-refractivity contribution in [3.63, 3.8) is 0 Å². The number of likely N-dealkylation sites (tertiary alicyclic amines) is 1. The molecule has 5 aliphatic rings. The van der Waals surface area contributed by atoms with Crippen LogP contribution in [0.3, 0.4) is 0 Å². The second-order valence-corrected chi connectivity index (χ2v) is 10.2. The summed E-state index contributed by atoms with van der Waals surface area (Å²) in [5.74, 6) is 2.48. The van der Waals surface area contributed by atoms with Crippen LogP contribution in [0.4, 0.5) is 5.69 Å². The highest BCUT2D eigenvalue weighted by molar-refractivity contribution is 9.10. The number of hydrogen-bond donors (Lipinski definition) is 1. The minimum atomic E-state index is -0.322. The smallest absolute Gasteiger partial charge is 0.247 e. The summed E-state index contributed by atoms with van der Waals surface area (Å²) in [6, 6.07) is 7.33. The van der Waals surface area contributed by atoms with Crippen LogP contribution in [0, 0.1) is 23.2 Å². The number of carbonyl (C=O) groups excluding carboxylic acids is 2. The van der Waals surface area contributed by atoms with Crippen LogP contribution in [0.25, 0.3) is 0 Å². The van der Waals surface area contributed by atoms with Crippen molar-refractivity contribution < 1.29 is 9.59 Å². The number of rotatable bonds is 3. The Balaban J connectivity index is 1.34. The molecule has 4 bridgehead atoms. The molecule has 1 N–H and O–H groups in total. The molecule has 0 radical (unpaired) electrons. The molecule has 1 aromatic rings. The second-order valence-electron chi connectivity index (χ2n) is 9.32. The Morgan fingerprint density at radius 3 is 2.30 bits per heavy atom. The van der Waals surface area contributed by atoms with Gasteiger partial charge in [-0.05, 0) is 97.2 Å². The van der Waals surface area contributed by atoms with Crippen molar-refractivity contribution in [1.29, 1.82) is 0 Å². The van der Waals surface area contributed by atoms with Crippen LogP contribution in [0.5, 0.6) is 0 Å². The van der Waals surface area contributed by atoms with Crippen LogP contribution in [0.2, 0.25) is 0 Å². The third kappa shape index (κ3) is 3.02. The monoisotopic (exact) mass is 430 g/mol. The van der Waals surface area contributed by atoms with Crippen molar-refractivity contribution in [3.05, 3.63) is 28.7 Å². The van der Waals surface area contributed by atoms with Gasteiger partial charge in [0.05, 0.1) is 11.1 Å². The van der Waals surface area contributed by atoms with Crippen LogP contribution in [0.15, 0.2) is 28.7 Å². The number of amides is 2. The van der Waals surface area contributed by atoms with Crippen molar-refractivity contribution in [2.75, 3.05) is 11.9 Å². The van der Waals surface area contributed by atoms with Crippen molar-refractivity contribution >= 4 is 33.4 Å². The van der Waals surface area contributed by atoms with E-state index < -0.39 is 0 Å². The predicted octanol–water partition coefficient (Wildman–Crippen LogP) is 4.60. The van der Waals surface area contributed by atoms with Crippen LogP contribution in [0.1, 0.15) is 51.4 Å². The Morgan fingerprint density at radius 2 is 1.67 bits per heavy atom. The molecule has 1 heterocycles. The van der Waals surface area contributed by atoms with E-state index in [0.29, 0.717) is 0 Å². The van der Waals surface area contributed by atoms with Crippen LogP contribution < -0.4 is 5.32 Å². The fourth-order valence-electron chi connectivity index (χ4n) is 6.74. The zero-order valence-electron chi connectivity index (χ0n) is 15.6. The quantitative estimate of drug-likeness (QED) is 0.761. The highest BCUT2D eigenvalue weighted by Crippen LogP contribution is 2.60. The molecule has 4 nitrogen and oxygen atoms in total. The van der Waals surface area contributed by atoms with Crippen molar-refractivity contribution in [3.8, 4) is 0 Å². The van der Waals surface area contributed by atoms with Gasteiger partial charge >= 0.3 is 0 Å². The molecule has 5 heteroatoms.